The normalized spacial score (nSPS) is 15.1. The van der Waals surface area contributed by atoms with Crippen LogP contribution in [0.3, 0.4) is 0 Å². The van der Waals surface area contributed by atoms with E-state index in [1.807, 2.05) is 73.0 Å². The zero-order chi connectivity index (χ0) is 29.7. The van der Waals surface area contributed by atoms with Gasteiger partial charge in [0.15, 0.2) is 0 Å². The second kappa shape index (κ2) is 13.3. The van der Waals surface area contributed by atoms with Gasteiger partial charge in [-0.05, 0) is 68.9 Å². The van der Waals surface area contributed by atoms with Gasteiger partial charge < -0.3 is 19.1 Å². The van der Waals surface area contributed by atoms with Crippen molar-refractivity contribution in [2.45, 2.75) is 72.9 Å². The van der Waals surface area contributed by atoms with Gasteiger partial charge in [0.1, 0.15) is 17.1 Å². The molecule has 8 heteroatoms. The van der Waals surface area contributed by atoms with Crippen molar-refractivity contribution >= 4 is 17.5 Å². The summed E-state index contributed by atoms with van der Waals surface area (Å²) in [6.45, 7) is 15.4. The number of fused-ring (bicyclic) bond motifs is 1. The van der Waals surface area contributed by atoms with E-state index >= 15 is 0 Å². The second-order valence-corrected chi connectivity index (χ2v) is 11.5. The molecule has 0 N–H and O–H groups in total. The van der Waals surface area contributed by atoms with E-state index in [4.69, 9.17) is 9.26 Å². The fourth-order valence-corrected chi connectivity index (χ4v) is 5.58. The molecule has 1 aromatic heterocycles. The van der Waals surface area contributed by atoms with Crippen LogP contribution in [0.5, 0.6) is 5.75 Å². The standard InChI is InChI=1S/C33H44N4O4/c1-22(2)31-30(25(6)41-34-31)33(39)36-19-18-35(23(3)4)16-9-17-37(32-24(5)10-8-11-27(32)21-36)29(38)20-26-12-14-28(40-7)15-13-26/h8,10-15,22-23H,9,16-21H2,1-7H3. The molecule has 0 radical (unpaired) electrons. The lowest BCUT2D eigenvalue weighted by atomic mass is 10.0. The third-order valence-corrected chi connectivity index (χ3v) is 7.92. The minimum atomic E-state index is -0.0843. The number of methoxy groups -OCH3 is 1. The van der Waals surface area contributed by atoms with Crippen molar-refractivity contribution in [3.63, 3.8) is 0 Å². The Morgan fingerprint density at radius 1 is 0.976 bits per heavy atom. The van der Waals surface area contributed by atoms with Crippen LogP contribution < -0.4 is 9.64 Å². The Hall–Kier alpha value is -3.65. The van der Waals surface area contributed by atoms with Gasteiger partial charge in [0.05, 0.1) is 24.9 Å². The molecule has 1 aliphatic heterocycles. The van der Waals surface area contributed by atoms with E-state index in [9.17, 15) is 9.59 Å². The number of benzene rings is 2. The zero-order valence-corrected chi connectivity index (χ0v) is 25.6. The van der Waals surface area contributed by atoms with Crippen LogP contribution in [-0.4, -0.2) is 66.1 Å². The highest BCUT2D eigenvalue weighted by Crippen LogP contribution is 2.30. The number of aromatic nitrogens is 1. The SMILES string of the molecule is COc1ccc(CC(=O)N2CCCN(C(C)C)CCN(C(=O)c3c(C(C)C)noc3C)Cc3cccc(C)c32)cc1. The molecule has 4 rings (SSSR count). The molecule has 2 aromatic carbocycles. The maximum atomic E-state index is 14.2. The Kier molecular flexibility index (Phi) is 9.86. The summed E-state index contributed by atoms with van der Waals surface area (Å²) in [5.74, 6) is 1.31. The quantitative estimate of drug-likeness (QED) is 0.382. The summed E-state index contributed by atoms with van der Waals surface area (Å²) < 4.78 is 10.8. The number of hydrogen-bond acceptors (Lipinski definition) is 6. The molecular weight excluding hydrogens is 516 g/mol. The lowest BCUT2D eigenvalue weighted by molar-refractivity contribution is -0.118. The van der Waals surface area contributed by atoms with Crippen LogP contribution in [-0.2, 0) is 17.8 Å². The Bertz CT molecular complexity index is 1350. The number of carbonyl (C=O) groups is 2. The Labute approximate surface area is 244 Å². The molecule has 0 saturated heterocycles. The van der Waals surface area contributed by atoms with Gasteiger partial charge in [0.2, 0.25) is 5.91 Å². The summed E-state index contributed by atoms with van der Waals surface area (Å²) in [7, 11) is 1.64. The average Bonchev–Trinajstić information content (AvgIpc) is 3.32. The summed E-state index contributed by atoms with van der Waals surface area (Å²) in [5, 5.41) is 4.22. The zero-order valence-electron chi connectivity index (χ0n) is 25.6. The Morgan fingerprint density at radius 3 is 2.37 bits per heavy atom. The molecule has 2 heterocycles. The summed E-state index contributed by atoms with van der Waals surface area (Å²) in [6, 6.07) is 14.1. The summed E-state index contributed by atoms with van der Waals surface area (Å²) in [4.78, 5) is 34.3. The Morgan fingerprint density at radius 2 is 1.71 bits per heavy atom. The number of amides is 2. The topological polar surface area (TPSA) is 79.1 Å². The van der Waals surface area contributed by atoms with Crippen molar-refractivity contribution in [1.82, 2.24) is 15.0 Å². The van der Waals surface area contributed by atoms with E-state index in [0.717, 1.165) is 47.6 Å². The van der Waals surface area contributed by atoms with E-state index in [-0.39, 0.29) is 24.2 Å². The lowest BCUT2D eigenvalue weighted by Crippen LogP contribution is -2.41. The first-order valence-corrected chi connectivity index (χ1v) is 14.6. The van der Waals surface area contributed by atoms with Crippen LogP contribution in [0.4, 0.5) is 5.69 Å². The molecule has 1 aliphatic rings. The fourth-order valence-electron chi connectivity index (χ4n) is 5.58. The number of anilines is 1. The number of hydrogen-bond donors (Lipinski definition) is 0. The second-order valence-electron chi connectivity index (χ2n) is 11.5. The molecule has 0 bridgehead atoms. The molecular formula is C33H44N4O4. The van der Waals surface area contributed by atoms with Crippen molar-refractivity contribution in [3.8, 4) is 5.75 Å². The van der Waals surface area contributed by atoms with Gasteiger partial charge in [-0.3, -0.25) is 14.5 Å². The Balaban J connectivity index is 1.74. The highest BCUT2D eigenvalue weighted by atomic mass is 16.5. The highest BCUT2D eigenvalue weighted by Gasteiger charge is 2.30. The number of nitrogens with zero attached hydrogens (tertiary/aromatic N) is 4. The predicted molar refractivity (Wildman–Crippen MR) is 162 cm³/mol. The summed E-state index contributed by atoms with van der Waals surface area (Å²) in [6.07, 6.45) is 1.11. The average molecular weight is 561 g/mol. The molecule has 0 saturated carbocycles. The van der Waals surface area contributed by atoms with Gasteiger partial charge in [-0.2, -0.15) is 0 Å². The molecule has 8 nitrogen and oxygen atoms in total. The highest BCUT2D eigenvalue weighted by molar-refractivity contribution is 5.98. The molecule has 0 spiro atoms. The summed E-state index contributed by atoms with van der Waals surface area (Å²) in [5.41, 5.74) is 5.04. The van der Waals surface area contributed by atoms with Crippen LogP contribution in [0.25, 0.3) is 0 Å². The molecule has 2 amide bonds. The van der Waals surface area contributed by atoms with E-state index in [1.165, 1.54) is 0 Å². The van der Waals surface area contributed by atoms with Crippen LogP contribution >= 0.6 is 0 Å². The van der Waals surface area contributed by atoms with Crippen molar-refractivity contribution < 1.29 is 18.8 Å². The molecule has 3 aromatic rings. The van der Waals surface area contributed by atoms with Gasteiger partial charge in [-0.15, -0.1) is 0 Å². The van der Waals surface area contributed by atoms with Gasteiger partial charge in [0.25, 0.3) is 5.91 Å². The molecule has 0 aliphatic carbocycles. The van der Waals surface area contributed by atoms with E-state index in [0.29, 0.717) is 42.7 Å². The first-order valence-electron chi connectivity index (χ1n) is 14.6. The van der Waals surface area contributed by atoms with Gasteiger partial charge >= 0.3 is 0 Å². The largest absolute Gasteiger partial charge is 0.497 e. The molecule has 41 heavy (non-hydrogen) atoms. The van der Waals surface area contributed by atoms with Crippen LogP contribution in [0, 0.1) is 13.8 Å². The molecule has 0 fully saturated rings. The van der Waals surface area contributed by atoms with Gasteiger partial charge in [-0.25, -0.2) is 0 Å². The summed E-state index contributed by atoms with van der Waals surface area (Å²) >= 11 is 0. The van der Waals surface area contributed by atoms with E-state index in [1.54, 1.807) is 14.0 Å². The first-order chi connectivity index (χ1) is 19.6. The smallest absolute Gasteiger partial charge is 0.259 e. The maximum absolute atomic E-state index is 14.2. The molecule has 0 unspecified atom stereocenters. The van der Waals surface area contributed by atoms with Gasteiger partial charge in [0, 0.05) is 38.8 Å². The van der Waals surface area contributed by atoms with E-state index < -0.39 is 0 Å². The minimum Gasteiger partial charge on any atom is -0.497 e. The number of rotatable bonds is 6. The fraction of sp³-hybridized carbons (Fsp3) is 0.485. The van der Waals surface area contributed by atoms with Crippen molar-refractivity contribution in [3.05, 3.63) is 76.2 Å². The van der Waals surface area contributed by atoms with Crippen LogP contribution in [0.1, 0.15) is 78.5 Å². The van der Waals surface area contributed by atoms with Crippen LogP contribution in [0.15, 0.2) is 47.0 Å². The molecule has 0 atom stereocenters. The third-order valence-electron chi connectivity index (χ3n) is 7.92. The van der Waals surface area contributed by atoms with E-state index in [2.05, 4.69) is 23.9 Å². The lowest BCUT2D eigenvalue weighted by Gasteiger charge is -2.30. The van der Waals surface area contributed by atoms with Crippen LogP contribution in [0.2, 0.25) is 0 Å². The maximum Gasteiger partial charge on any atom is 0.259 e. The van der Waals surface area contributed by atoms with Crippen molar-refractivity contribution in [2.24, 2.45) is 0 Å². The number of ether oxygens (including phenoxy) is 1. The minimum absolute atomic E-state index is 0.0379. The number of para-hydroxylation sites is 1. The number of carbonyl (C=O) groups excluding carboxylic acids is 2. The molecule has 220 valence electrons. The number of aryl methyl sites for hydroxylation is 2. The first kappa shape index (κ1) is 30.3. The van der Waals surface area contributed by atoms with Crippen molar-refractivity contribution in [1.29, 1.82) is 0 Å². The predicted octanol–water partition coefficient (Wildman–Crippen LogP) is 5.76. The van der Waals surface area contributed by atoms with Crippen molar-refractivity contribution in [2.75, 3.05) is 38.2 Å². The third kappa shape index (κ3) is 6.99. The monoisotopic (exact) mass is 560 g/mol. The van der Waals surface area contributed by atoms with Gasteiger partial charge in [-0.1, -0.05) is 49.3 Å².